The van der Waals surface area contributed by atoms with Crippen LogP contribution in [-0.4, -0.2) is 42.3 Å². The minimum Gasteiger partial charge on any atom is -0.497 e. The predicted octanol–water partition coefficient (Wildman–Crippen LogP) is 0.607. The molecule has 1 heterocycles. The zero-order valence-corrected chi connectivity index (χ0v) is 11.7. The average Bonchev–Trinajstić information content (AvgIpc) is 2.86. The molecule has 104 valence electrons. The maximum Gasteiger partial charge on any atom is 0.492 e. The molecule has 2 rings (SSSR count). The lowest BCUT2D eigenvalue weighted by Crippen LogP contribution is -2.32. The molecular formula is C14H22BNO3. The van der Waals surface area contributed by atoms with Crippen LogP contribution in [0.2, 0.25) is 0 Å². The summed E-state index contributed by atoms with van der Waals surface area (Å²) in [5.41, 5.74) is 1.53. The molecule has 5 heteroatoms. The van der Waals surface area contributed by atoms with Gasteiger partial charge in [-0.1, -0.05) is 25.5 Å². The fourth-order valence-corrected chi connectivity index (χ4v) is 2.73. The zero-order chi connectivity index (χ0) is 13.8. The fourth-order valence-electron chi connectivity index (χ4n) is 2.73. The molecule has 0 aliphatic carbocycles. The lowest BCUT2D eigenvalue weighted by molar-refractivity contribution is 0.315. The first-order valence-corrected chi connectivity index (χ1v) is 6.89. The Bertz CT molecular complexity index is 425. The zero-order valence-electron chi connectivity index (χ0n) is 11.7. The molecule has 0 bridgehead atoms. The summed E-state index contributed by atoms with van der Waals surface area (Å²) in [5, 5.41) is 18.7. The van der Waals surface area contributed by atoms with Crippen molar-refractivity contribution in [2.75, 3.05) is 20.2 Å². The molecule has 0 amide bonds. The highest BCUT2D eigenvalue weighted by molar-refractivity contribution is 6.59. The third-order valence-electron chi connectivity index (χ3n) is 3.93. The largest absolute Gasteiger partial charge is 0.497 e. The molecule has 1 fully saturated rings. The molecule has 1 aromatic carbocycles. The average molecular weight is 263 g/mol. The summed E-state index contributed by atoms with van der Waals surface area (Å²) in [6.45, 7) is 5.36. The van der Waals surface area contributed by atoms with Crippen LogP contribution in [0.5, 0.6) is 5.75 Å². The SMILES string of the molecule is CCC1CCN(Cc2ccc(OC)c(B(O)O)c2)C1. The number of ether oxygens (including phenoxy) is 1. The van der Waals surface area contributed by atoms with E-state index in [0.717, 1.165) is 31.1 Å². The van der Waals surface area contributed by atoms with Crippen molar-refractivity contribution in [1.29, 1.82) is 0 Å². The first kappa shape index (κ1) is 14.4. The molecule has 1 aromatic rings. The van der Waals surface area contributed by atoms with Crippen molar-refractivity contribution >= 4 is 12.6 Å². The lowest BCUT2D eigenvalue weighted by atomic mass is 9.78. The van der Waals surface area contributed by atoms with Gasteiger partial charge in [0.15, 0.2) is 0 Å². The highest BCUT2D eigenvalue weighted by Gasteiger charge is 2.22. The monoisotopic (exact) mass is 263 g/mol. The van der Waals surface area contributed by atoms with E-state index in [0.29, 0.717) is 11.2 Å². The molecule has 2 N–H and O–H groups in total. The number of nitrogens with zero attached hydrogens (tertiary/aromatic N) is 1. The molecule has 0 aromatic heterocycles. The van der Waals surface area contributed by atoms with Gasteiger partial charge in [-0.25, -0.2) is 0 Å². The third kappa shape index (κ3) is 3.50. The molecule has 0 spiro atoms. The first-order chi connectivity index (χ1) is 9.13. The van der Waals surface area contributed by atoms with Crippen molar-refractivity contribution in [3.63, 3.8) is 0 Å². The van der Waals surface area contributed by atoms with E-state index >= 15 is 0 Å². The van der Waals surface area contributed by atoms with Gasteiger partial charge in [-0.2, -0.15) is 0 Å². The van der Waals surface area contributed by atoms with Crippen LogP contribution in [0.3, 0.4) is 0 Å². The maximum atomic E-state index is 9.36. The first-order valence-electron chi connectivity index (χ1n) is 6.89. The van der Waals surface area contributed by atoms with E-state index in [1.165, 1.54) is 20.0 Å². The summed E-state index contributed by atoms with van der Waals surface area (Å²) < 4.78 is 5.13. The van der Waals surface area contributed by atoms with E-state index in [4.69, 9.17) is 4.74 Å². The molecule has 1 atom stereocenters. The minimum atomic E-state index is -1.49. The second kappa shape index (κ2) is 6.41. The normalized spacial score (nSPS) is 19.7. The number of likely N-dealkylation sites (tertiary alicyclic amines) is 1. The van der Waals surface area contributed by atoms with Crippen LogP contribution >= 0.6 is 0 Å². The molecule has 0 radical (unpaired) electrons. The Hall–Kier alpha value is -1.04. The van der Waals surface area contributed by atoms with Gasteiger partial charge < -0.3 is 14.8 Å². The Morgan fingerprint density at radius 2 is 2.21 bits per heavy atom. The van der Waals surface area contributed by atoms with Gasteiger partial charge in [0.05, 0.1) is 7.11 Å². The quantitative estimate of drug-likeness (QED) is 0.764. The van der Waals surface area contributed by atoms with Crippen LogP contribution < -0.4 is 10.2 Å². The van der Waals surface area contributed by atoms with E-state index in [9.17, 15) is 10.0 Å². The molecule has 1 aliphatic heterocycles. The Morgan fingerprint density at radius 1 is 1.42 bits per heavy atom. The predicted molar refractivity (Wildman–Crippen MR) is 76.5 cm³/mol. The maximum absolute atomic E-state index is 9.36. The standard InChI is InChI=1S/C14H22BNO3/c1-3-11-6-7-16(9-11)10-12-4-5-14(19-2)13(8-12)15(17)18/h4-5,8,11,17-18H,3,6-7,9-10H2,1-2H3. The van der Waals surface area contributed by atoms with Gasteiger partial charge in [-0.3, -0.25) is 4.90 Å². The van der Waals surface area contributed by atoms with Crippen molar-refractivity contribution in [3.05, 3.63) is 23.8 Å². The van der Waals surface area contributed by atoms with Crippen LogP contribution in [0, 0.1) is 5.92 Å². The van der Waals surface area contributed by atoms with E-state index in [-0.39, 0.29) is 0 Å². The van der Waals surface area contributed by atoms with Crippen molar-refractivity contribution in [1.82, 2.24) is 4.90 Å². The summed E-state index contributed by atoms with van der Waals surface area (Å²) >= 11 is 0. The van der Waals surface area contributed by atoms with E-state index in [1.807, 2.05) is 12.1 Å². The second-order valence-electron chi connectivity index (χ2n) is 5.25. The molecule has 19 heavy (non-hydrogen) atoms. The van der Waals surface area contributed by atoms with Gasteiger partial charge in [0.2, 0.25) is 0 Å². The molecule has 1 unspecified atom stereocenters. The van der Waals surface area contributed by atoms with E-state index in [1.54, 1.807) is 6.07 Å². The number of hydrogen-bond acceptors (Lipinski definition) is 4. The van der Waals surface area contributed by atoms with Gasteiger partial charge in [0.1, 0.15) is 5.75 Å². The van der Waals surface area contributed by atoms with E-state index in [2.05, 4.69) is 11.8 Å². The fraction of sp³-hybridized carbons (Fsp3) is 0.571. The Labute approximate surface area is 115 Å². The van der Waals surface area contributed by atoms with Crippen LogP contribution in [-0.2, 0) is 6.54 Å². The number of hydrogen-bond donors (Lipinski definition) is 2. The summed E-state index contributed by atoms with van der Waals surface area (Å²) in [6.07, 6.45) is 2.50. The Morgan fingerprint density at radius 3 is 2.79 bits per heavy atom. The molecule has 4 nitrogen and oxygen atoms in total. The number of methoxy groups -OCH3 is 1. The van der Waals surface area contributed by atoms with Crippen molar-refractivity contribution in [3.8, 4) is 5.75 Å². The van der Waals surface area contributed by atoms with Gasteiger partial charge in [0, 0.05) is 18.6 Å². The molecular weight excluding hydrogens is 241 g/mol. The summed E-state index contributed by atoms with van der Waals surface area (Å²) in [7, 11) is 0.0459. The summed E-state index contributed by atoms with van der Waals surface area (Å²) in [4.78, 5) is 2.42. The summed E-state index contributed by atoms with van der Waals surface area (Å²) in [5.74, 6) is 1.33. The second-order valence-corrected chi connectivity index (χ2v) is 5.25. The van der Waals surface area contributed by atoms with E-state index < -0.39 is 7.12 Å². The highest BCUT2D eigenvalue weighted by Crippen LogP contribution is 2.21. The molecule has 0 saturated carbocycles. The topological polar surface area (TPSA) is 52.9 Å². The lowest BCUT2D eigenvalue weighted by Gasteiger charge is -2.17. The van der Waals surface area contributed by atoms with Crippen molar-refractivity contribution in [2.24, 2.45) is 5.92 Å². The van der Waals surface area contributed by atoms with Crippen LogP contribution in [0.15, 0.2) is 18.2 Å². The van der Waals surface area contributed by atoms with Gasteiger partial charge in [-0.15, -0.1) is 0 Å². The third-order valence-corrected chi connectivity index (χ3v) is 3.93. The summed E-state index contributed by atoms with van der Waals surface area (Å²) in [6, 6.07) is 5.62. The Kier molecular flexibility index (Phi) is 4.85. The minimum absolute atomic E-state index is 0.436. The van der Waals surface area contributed by atoms with Crippen LogP contribution in [0.25, 0.3) is 0 Å². The molecule has 1 saturated heterocycles. The number of benzene rings is 1. The van der Waals surface area contributed by atoms with Crippen molar-refractivity contribution in [2.45, 2.75) is 26.3 Å². The van der Waals surface area contributed by atoms with Crippen LogP contribution in [0.1, 0.15) is 25.3 Å². The van der Waals surface area contributed by atoms with Gasteiger partial charge >= 0.3 is 7.12 Å². The highest BCUT2D eigenvalue weighted by atomic mass is 16.5. The van der Waals surface area contributed by atoms with Crippen molar-refractivity contribution < 1.29 is 14.8 Å². The Balaban J connectivity index is 2.07. The molecule has 1 aliphatic rings. The number of rotatable bonds is 5. The van der Waals surface area contributed by atoms with Gasteiger partial charge in [-0.05, 0) is 30.5 Å². The van der Waals surface area contributed by atoms with Crippen LogP contribution in [0.4, 0.5) is 0 Å². The van der Waals surface area contributed by atoms with Gasteiger partial charge in [0.25, 0.3) is 0 Å². The smallest absolute Gasteiger partial charge is 0.492 e.